The van der Waals surface area contributed by atoms with E-state index in [-0.39, 0.29) is 4.90 Å². The summed E-state index contributed by atoms with van der Waals surface area (Å²) >= 11 is 0. The Morgan fingerprint density at radius 1 is 1.24 bits per heavy atom. The van der Waals surface area contributed by atoms with Gasteiger partial charge in [-0.15, -0.1) is 0 Å². The first-order valence-electron chi connectivity index (χ1n) is 6.06. The third kappa shape index (κ3) is 3.41. The van der Waals surface area contributed by atoms with Crippen LogP contribution in [0, 0.1) is 6.92 Å². The van der Waals surface area contributed by atoms with E-state index < -0.39 is 10.0 Å². The van der Waals surface area contributed by atoms with Gasteiger partial charge in [0.1, 0.15) is 16.5 Å². The number of sulfonamides is 1. The van der Waals surface area contributed by atoms with Gasteiger partial charge in [0, 0.05) is 6.20 Å². The molecule has 0 unspecified atom stereocenters. The van der Waals surface area contributed by atoms with E-state index in [4.69, 9.17) is 10.6 Å². The second-order valence-corrected chi connectivity index (χ2v) is 6.02. The lowest BCUT2D eigenvalue weighted by atomic mass is 10.2. The van der Waals surface area contributed by atoms with Gasteiger partial charge in [0.05, 0.1) is 12.8 Å². The van der Waals surface area contributed by atoms with E-state index in [2.05, 4.69) is 15.1 Å². The summed E-state index contributed by atoms with van der Waals surface area (Å²) in [6.45, 7) is 1.86. The molecule has 0 aliphatic heterocycles. The number of nitrogens with two attached hydrogens (primary N) is 1. The first-order valence-corrected chi connectivity index (χ1v) is 7.54. The molecule has 7 nitrogen and oxygen atoms in total. The number of hydrogen-bond donors (Lipinski definition) is 3. The molecule has 0 aliphatic carbocycles. The lowest BCUT2D eigenvalue weighted by Crippen LogP contribution is -2.15. The van der Waals surface area contributed by atoms with Gasteiger partial charge in [-0.1, -0.05) is 6.07 Å². The molecule has 2 aromatic rings. The summed E-state index contributed by atoms with van der Waals surface area (Å²) in [6, 6.07) is 8.11. The second-order valence-electron chi connectivity index (χ2n) is 4.33. The third-order valence-electron chi connectivity index (χ3n) is 2.79. The first kappa shape index (κ1) is 15.1. The average molecular weight is 308 g/mol. The molecular formula is C13H16N4O3S. The van der Waals surface area contributed by atoms with Gasteiger partial charge < -0.3 is 10.2 Å². The number of methoxy groups -OCH3 is 1. The van der Waals surface area contributed by atoms with Crippen molar-refractivity contribution in [1.82, 2.24) is 4.98 Å². The van der Waals surface area contributed by atoms with Gasteiger partial charge in [-0.05, 0) is 36.8 Å². The highest BCUT2D eigenvalue weighted by molar-refractivity contribution is 7.92. The van der Waals surface area contributed by atoms with Gasteiger partial charge in [-0.25, -0.2) is 19.2 Å². The number of nitrogens with one attached hydrogen (secondary N) is 2. The van der Waals surface area contributed by atoms with E-state index in [0.29, 0.717) is 17.3 Å². The number of pyridine rings is 1. The van der Waals surface area contributed by atoms with E-state index in [0.717, 1.165) is 5.56 Å². The summed E-state index contributed by atoms with van der Waals surface area (Å²) < 4.78 is 32.3. The molecule has 0 radical (unpaired) electrons. The Bertz CT molecular complexity index is 730. The summed E-state index contributed by atoms with van der Waals surface area (Å²) in [4.78, 5) is 3.91. The minimum atomic E-state index is -3.75. The van der Waals surface area contributed by atoms with Crippen molar-refractivity contribution >= 4 is 21.5 Å². The molecule has 1 aromatic carbocycles. The van der Waals surface area contributed by atoms with E-state index >= 15 is 0 Å². The minimum absolute atomic E-state index is 0.0325. The highest BCUT2D eigenvalue weighted by Crippen LogP contribution is 2.27. The van der Waals surface area contributed by atoms with Crippen LogP contribution in [-0.2, 0) is 10.0 Å². The number of benzene rings is 1. The molecule has 0 saturated carbocycles. The van der Waals surface area contributed by atoms with Crippen molar-refractivity contribution in [3.05, 3.63) is 42.1 Å². The van der Waals surface area contributed by atoms with Gasteiger partial charge >= 0.3 is 0 Å². The predicted octanol–water partition coefficient (Wildman–Crippen LogP) is 1.49. The van der Waals surface area contributed by atoms with Gasteiger partial charge in [0.2, 0.25) is 0 Å². The lowest BCUT2D eigenvalue weighted by molar-refractivity contribution is 0.417. The molecule has 2 rings (SSSR count). The number of aromatic nitrogens is 1. The van der Waals surface area contributed by atoms with Crippen molar-refractivity contribution < 1.29 is 13.2 Å². The van der Waals surface area contributed by atoms with Crippen molar-refractivity contribution in [3.8, 4) is 5.75 Å². The largest absolute Gasteiger partial charge is 0.495 e. The van der Waals surface area contributed by atoms with Gasteiger partial charge in [0.15, 0.2) is 0 Å². The first-order chi connectivity index (χ1) is 9.96. The molecule has 21 heavy (non-hydrogen) atoms. The highest BCUT2D eigenvalue weighted by Gasteiger charge is 2.17. The standard InChI is InChI=1S/C13H16N4O3S/c1-9-3-5-12(20-2)11(7-9)17-21(18,19)10-4-6-13(16-14)15-8-10/h3-8,17H,14H2,1-2H3,(H,15,16). The van der Waals surface area contributed by atoms with Crippen molar-refractivity contribution in [2.24, 2.45) is 5.84 Å². The maximum atomic E-state index is 12.3. The fraction of sp³-hybridized carbons (Fsp3) is 0.154. The molecule has 0 bridgehead atoms. The number of rotatable bonds is 5. The van der Waals surface area contributed by atoms with E-state index in [1.165, 1.54) is 25.4 Å². The Labute approximate surface area is 123 Å². The van der Waals surface area contributed by atoms with Gasteiger partial charge in [0.25, 0.3) is 10.0 Å². The van der Waals surface area contributed by atoms with Crippen LogP contribution in [-0.4, -0.2) is 20.5 Å². The number of anilines is 2. The Hall–Kier alpha value is -2.32. The van der Waals surface area contributed by atoms with Crippen molar-refractivity contribution in [1.29, 1.82) is 0 Å². The monoisotopic (exact) mass is 308 g/mol. The van der Waals surface area contributed by atoms with Crippen molar-refractivity contribution in [2.45, 2.75) is 11.8 Å². The molecule has 0 aliphatic rings. The fourth-order valence-electron chi connectivity index (χ4n) is 1.73. The maximum absolute atomic E-state index is 12.3. The topological polar surface area (TPSA) is 106 Å². The van der Waals surface area contributed by atoms with Crippen LogP contribution in [0.5, 0.6) is 5.75 Å². The molecule has 1 aromatic heterocycles. The fourth-order valence-corrected chi connectivity index (χ4v) is 2.74. The van der Waals surface area contributed by atoms with Crippen LogP contribution in [0.2, 0.25) is 0 Å². The number of hydrogen-bond acceptors (Lipinski definition) is 6. The lowest BCUT2D eigenvalue weighted by Gasteiger charge is -2.12. The summed E-state index contributed by atoms with van der Waals surface area (Å²) in [5.74, 6) is 6.01. The zero-order valence-corrected chi connectivity index (χ0v) is 12.4. The van der Waals surface area contributed by atoms with Crippen molar-refractivity contribution in [3.63, 3.8) is 0 Å². The Kier molecular flexibility index (Phi) is 4.29. The Morgan fingerprint density at radius 2 is 2.00 bits per heavy atom. The minimum Gasteiger partial charge on any atom is -0.495 e. The van der Waals surface area contributed by atoms with E-state index in [1.54, 1.807) is 12.1 Å². The summed E-state index contributed by atoms with van der Waals surface area (Å²) in [6.07, 6.45) is 1.22. The molecular weight excluding hydrogens is 292 g/mol. The summed E-state index contributed by atoms with van der Waals surface area (Å²) in [5.41, 5.74) is 3.62. The van der Waals surface area contributed by atoms with E-state index in [9.17, 15) is 8.42 Å². The van der Waals surface area contributed by atoms with Crippen LogP contribution >= 0.6 is 0 Å². The zero-order chi connectivity index (χ0) is 15.5. The molecule has 8 heteroatoms. The second kappa shape index (κ2) is 5.98. The molecule has 0 spiro atoms. The third-order valence-corrected chi connectivity index (χ3v) is 4.14. The molecule has 1 heterocycles. The van der Waals surface area contributed by atoms with Gasteiger partial charge in [-0.3, -0.25) is 4.72 Å². The molecule has 4 N–H and O–H groups in total. The number of ether oxygens (including phenoxy) is 1. The predicted molar refractivity (Wildman–Crippen MR) is 80.6 cm³/mol. The molecule has 0 fully saturated rings. The van der Waals surface area contributed by atoms with Crippen LogP contribution in [0.15, 0.2) is 41.4 Å². The zero-order valence-electron chi connectivity index (χ0n) is 11.6. The summed E-state index contributed by atoms with van der Waals surface area (Å²) in [5, 5.41) is 0. The normalized spacial score (nSPS) is 11.0. The molecule has 0 saturated heterocycles. The number of aryl methyl sites for hydroxylation is 1. The average Bonchev–Trinajstić information content (AvgIpc) is 2.47. The number of hydrazine groups is 1. The SMILES string of the molecule is COc1ccc(C)cc1NS(=O)(=O)c1ccc(NN)nc1. The molecule has 0 atom stereocenters. The highest BCUT2D eigenvalue weighted by atomic mass is 32.2. The van der Waals surface area contributed by atoms with Crippen LogP contribution in [0.1, 0.15) is 5.56 Å². The Morgan fingerprint density at radius 3 is 2.57 bits per heavy atom. The molecule has 112 valence electrons. The maximum Gasteiger partial charge on any atom is 0.263 e. The number of nitrogens with zero attached hydrogens (tertiary/aromatic N) is 1. The quantitative estimate of drug-likeness (QED) is 0.570. The van der Waals surface area contributed by atoms with Crippen LogP contribution in [0.4, 0.5) is 11.5 Å². The van der Waals surface area contributed by atoms with E-state index in [1.807, 2.05) is 13.0 Å². The smallest absolute Gasteiger partial charge is 0.263 e. The van der Waals surface area contributed by atoms with Crippen LogP contribution in [0.3, 0.4) is 0 Å². The van der Waals surface area contributed by atoms with Crippen LogP contribution in [0.25, 0.3) is 0 Å². The molecule has 0 amide bonds. The van der Waals surface area contributed by atoms with Crippen molar-refractivity contribution in [2.75, 3.05) is 17.3 Å². The van der Waals surface area contributed by atoms with Crippen LogP contribution < -0.4 is 20.7 Å². The summed E-state index contributed by atoms with van der Waals surface area (Å²) in [7, 11) is -2.27. The Balaban J connectivity index is 2.34. The van der Waals surface area contributed by atoms with Gasteiger partial charge in [-0.2, -0.15) is 0 Å². The number of nitrogen functional groups attached to an aromatic ring is 1.